The van der Waals surface area contributed by atoms with Crippen molar-refractivity contribution in [3.05, 3.63) is 11.6 Å². The maximum atomic E-state index is 12.6. The lowest BCUT2D eigenvalue weighted by Gasteiger charge is -2.33. The molecule has 2 aliphatic rings. The van der Waals surface area contributed by atoms with E-state index in [0.29, 0.717) is 23.7 Å². The molecule has 0 radical (unpaired) electrons. The number of carbonyl (C=O) groups is 1. The molecule has 0 N–H and O–H groups in total. The molecule has 2 fully saturated rings. The van der Waals surface area contributed by atoms with Crippen LogP contribution in [0.5, 0.6) is 0 Å². The van der Waals surface area contributed by atoms with Crippen LogP contribution in [0.25, 0.3) is 0 Å². The number of aromatic nitrogens is 3. The molecule has 1 aromatic heterocycles. The van der Waals surface area contributed by atoms with E-state index in [-0.39, 0.29) is 0 Å². The van der Waals surface area contributed by atoms with Crippen molar-refractivity contribution in [1.29, 1.82) is 0 Å². The smallest absolute Gasteiger partial charge is 0.225 e. The number of likely N-dealkylation sites (tertiary alicyclic amines) is 1. The average molecular weight is 332 g/mol. The van der Waals surface area contributed by atoms with Crippen LogP contribution in [0.2, 0.25) is 0 Å². The summed E-state index contributed by atoms with van der Waals surface area (Å²) < 4.78 is 2.08. The van der Waals surface area contributed by atoms with E-state index in [4.69, 9.17) is 4.98 Å². The molecule has 0 spiro atoms. The molecule has 2 heterocycles. The topological polar surface area (TPSA) is 51.0 Å². The normalized spacial score (nSPS) is 20.2. The second-order valence-electron chi connectivity index (χ2n) is 7.88. The zero-order chi connectivity index (χ0) is 17.1. The summed E-state index contributed by atoms with van der Waals surface area (Å²) in [6, 6.07) is 0. The van der Waals surface area contributed by atoms with Crippen molar-refractivity contribution in [2.45, 2.75) is 78.2 Å². The fourth-order valence-electron chi connectivity index (χ4n) is 4.18. The second kappa shape index (κ2) is 7.66. The molecule has 1 saturated heterocycles. The SMILES string of the molecule is CCn1nc(CC(C)C)nc1C1CCN(C(=O)C2CCCC2)CC1. The van der Waals surface area contributed by atoms with Crippen molar-refractivity contribution >= 4 is 5.91 Å². The molecule has 3 rings (SSSR count). The first-order chi connectivity index (χ1) is 11.6. The first-order valence-electron chi connectivity index (χ1n) is 9.80. The van der Waals surface area contributed by atoms with Crippen LogP contribution in [0.4, 0.5) is 0 Å². The predicted molar refractivity (Wildman–Crippen MR) is 94.8 cm³/mol. The molecule has 0 aromatic carbocycles. The highest BCUT2D eigenvalue weighted by molar-refractivity contribution is 5.79. The summed E-state index contributed by atoms with van der Waals surface area (Å²) in [5.74, 6) is 3.86. The van der Waals surface area contributed by atoms with Crippen molar-refractivity contribution < 1.29 is 4.79 Å². The van der Waals surface area contributed by atoms with Crippen LogP contribution in [0.3, 0.4) is 0 Å². The van der Waals surface area contributed by atoms with Gasteiger partial charge in [-0.25, -0.2) is 9.67 Å². The molecule has 1 aliphatic heterocycles. The van der Waals surface area contributed by atoms with Crippen LogP contribution in [0.1, 0.15) is 76.9 Å². The summed E-state index contributed by atoms with van der Waals surface area (Å²) in [5, 5.41) is 4.69. The Labute approximate surface area is 145 Å². The Bertz CT molecular complexity index is 552. The van der Waals surface area contributed by atoms with E-state index in [2.05, 4.69) is 35.5 Å². The van der Waals surface area contributed by atoms with Gasteiger partial charge in [-0.3, -0.25) is 4.79 Å². The van der Waals surface area contributed by atoms with E-state index in [1.54, 1.807) is 0 Å². The van der Waals surface area contributed by atoms with Crippen molar-refractivity contribution in [3.8, 4) is 0 Å². The van der Waals surface area contributed by atoms with Gasteiger partial charge in [-0.2, -0.15) is 5.10 Å². The molecule has 1 aliphatic carbocycles. The molecule has 0 unspecified atom stereocenters. The molecule has 1 saturated carbocycles. The van der Waals surface area contributed by atoms with Crippen molar-refractivity contribution in [1.82, 2.24) is 19.7 Å². The fourth-order valence-corrected chi connectivity index (χ4v) is 4.18. The van der Waals surface area contributed by atoms with Gasteiger partial charge in [0.1, 0.15) is 5.82 Å². The Balaban J connectivity index is 1.61. The number of amides is 1. The molecule has 1 aromatic rings. The highest BCUT2D eigenvalue weighted by Crippen LogP contribution is 2.31. The summed E-state index contributed by atoms with van der Waals surface area (Å²) in [6.07, 6.45) is 7.65. The van der Waals surface area contributed by atoms with Crippen LogP contribution >= 0.6 is 0 Å². The summed E-state index contributed by atoms with van der Waals surface area (Å²) in [6.45, 7) is 9.20. The van der Waals surface area contributed by atoms with E-state index < -0.39 is 0 Å². The minimum absolute atomic E-state index is 0.304. The van der Waals surface area contributed by atoms with Gasteiger partial charge in [0.15, 0.2) is 5.82 Å². The third kappa shape index (κ3) is 3.81. The monoisotopic (exact) mass is 332 g/mol. The molecule has 0 atom stereocenters. The number of carbonyl (C=O) groups excluding carboxylic acids is 1. The van der Waals surface area contributed by atoms with Gasteiger partial charge in [0.05, 0.1) is 0 Å². The van der Waals surface area contributed by atoms with Gasteiger partial charge in [-0.1, -0.05) is 26.7 Å². The van der Waals surface area contributed by atoms with Crippen LogP contribution in [0.15, 0.2) is 0 Å². The number of piperidine rings is 1. The Morgan fingerprint density at radius 3 is 2.42 bits per heavy atom. The van der Waals surface area contributed by atoms with Gasteiger partial charge in [0.25, 0.3) is 0 Å². The Morgan fingerprint density at radius 2 is 1.83 bits per heavy atom. The molecule has 0 bridgehead atoms. The zero-order valence-corrected chi connectivity index (χ0v) is 15.5. The summed E-state index contributed by atoms with van der Waals surface area (Å²) >= 11 is 0. The van der Waals surface area contributed by atoms with E-state index in [0.717, 1.165) is 63.4 Å². The average Bonchev–Trinajstić information content (AvgIpc) is 3.23. The van der Waals surface area contributed by atoms with Crippen molar-refractivity contribution in [2.24, 2.45) is 11.8 Å². The van der Waals surface area contributed by atoms with Crippen LogP contribution in [-0.2, 0) is 17.8 Å². The van der Waals surface area contributed by atoms with E-state index in [9.17, 15) is 4.79 Å². The standard InChI is InChI=1S/C19H32N4O/c1-4-23-18(20-17(21-23)13-14(2)3)15-9-11-22(12-10-15)19(24)16-7-5-6-8-16/h14-16H,4-13H2,1-3H3. The van der Waals surface area contributed by atoms with E-state index >= 15 is 0 Å². The van der Waals surface area contributed by atoms with E-state index in [1.165, 1.54) is 12.8 Å². The minimum atomic E-state index is 0.304. The van der Waals surface area contributed by atoms with Crippen LogP contribution in [0, 0.1) is 11.8 Å². The molecule has 1 amide bonds. The third-order valence-electron chi connectivity index (χ3n) is 5.51. The Hall–Kier alpha value is -1.39. The number of nitrogens with zero attached hydrogens (tertiary/aromatic N) is 4. The van der Waals surface area contributed by atoms with E-state index in [1.807, 2.05) is 0 Å². The largest absolute Gasteiger partial charge is 0.342 e. The van der Waals surface area contributed by atoms with Crippen molar-refractivity contribution in [2.75, 3.05) is 13.1 Å². The van der Waals surface area contributed by atoms with Crippen LogP contribution < -0.4 is 0 Å². The van der Waals surface area contributed by atoms with Gasteiger partial charge in [-0.15, -0.1) is 0 Å². The predicted octanol–water partition coefficient (Wildman–Crippen LogP) is 3.39. The van der Waals surface area contributed by atoms with Gasteiger partial charge in [-0.05, 0) is 38.5 Å². The molecular formula is C19H32N4O. The van der Waals surface area contributed by atoms with Gasteiger partial charge >= 0.3 is 0 Å². The van der Waals surface area contributed by atoms with Gasteiger partial charge in [0.2, 0.25) is 5.91 Å². The maximum absolute atomic E-state index is 12.6. The van der Waals surface area contributed by atoms with Gasteiger partial charge < -0.3 is 4.90 Å². The maximum Gasteiger partial charge on any atom is 0.225 e. The second-order valence-corrected chi connectivity index (χ2v) is 7.88. The number of aryl methyl sites for hydroxylation is 1. The minimum Gasteiger partial charge on any atom is -0.342 e. The van der Waals surface area contributed by atoms with Gasteiger partial charge in [0, 0.05) is 37.9 Å². The zero-order valence-electron chi connectivity index (χ0n) is 15.5. The first kappa shape index (κ1) is 17.4. The number of hydrogen-bond donors (Lipinski definition) is 0. The Morgan fingerprint density at radius 1 is 1.17 bits per heavy atom. The lowest BCUT2D eigenvalue weighted by molar-refractivity contribution is -0.136. The summed E-state index contributed by atoms with van der Waals surface area (Å²) in [5.41, 5.74) is 0. The summed E-state index contributed by atoms with van der Waals surface area (Å²) in [4.78, 5) is 19.5. The molecular weight excluding hydrogens is 300 g/mol. The third-order valence-corrected chi connectivity index (χ3v) is 5.51. The quantitative estimate of drug-likeness (QED) is 0.830. The molecule has 5 nitrogen and oxygen atoms in total. The number of hydrogen-bond acceptors (Lipinski definition) is 3. The van der Waals surface area contributed by atoms with Crippen LogP contribution in [-0.4, -0.2) is 38.7 Å². The number of rotatable bonds is 5. The Kier molecular flexibility index (Phi) is 5.57. The molecule has 134 valence electrons. The lowest BCUT2D eigenvalue weighted by Crippen LogP contribution is -2.41. The fraction of sp³-hybridized carbons (Fsp3) is 0.842. The molecule has 5 heteroatoms. The first-order valence-corrected chi connectivity index (χ1v) is 9.80. The summed E-state index contributed by atoms with van der Waals surface area (Å²) in [7, 11) is 0. The van der Waals surface area contributed by atoms with Crippen molar-refractivity contribution in [3.63, 3.8) is 0 Å². The highest BCUT2D eigenvalue weighted by Gasteiger charge is 2.31. The highest BCUT2D eigenvalue weighted by atomic mass is 16.2. The molecule has 24 heavy (non-hydrogen) atoms. The lowest BCUT2D eigenvalue weighted by atomic mass is 9.94.